The molecule has 0 aromatic rings. The van der Waals surface area contributed by atoms with Gasteiger partial charge in [-0.05, 0) is 25.7 Å². The number of likely N-dealkylation sites (tertiary alicyclic amines) is 1. The summed E-state index contributed by atoms with van der Waals surface area (Å²) >= 11 is 0. The van der Waals surface area contributed by atoms with E-state index in [0.29, 0.717) is 6.42 Å². The van der Waals surface area contributed by atoms with Gasteiger partial charge < -0.3 is 14.7 Å². The predicted molar refractivity (Wildman–Crippen MR) is 92.2 cm³/mol. The Kier molecular flexibility index (Phi) is 5.43. The number of methoxy groups -OCH3 is 1. The highest BCUT2D eigenvalue weighted by Gasteiger charge is 2.70. The summed E-state index contributed by atoms with van der Waals surface area (Å²) in [5.74, 6) is -1.04. The van der Waals surface area contributed by atoms with E-state index in [9.17, 15) is 14.7 Å². The van der Waals surface area contributed by atoms with Gasteiger partial charge in [0.2, 0.25) is 5.91 Å². The Balaban J connectivity index is 2.57. The molecule has 1 fully saturated rings. The van der Waals surface area contributed by atoms with Crippen LogP contribution in [0.15, 0.2) is 12.2 Å². The standard InChI is InChI=1S/C19H31NO4/c1-6-10-14-16(22)20(4)19(17(23)24-5,18(14,2)3)15(21)13-11-8-7-9-12-13/h8,11,13-15,21H,6-7,9-10,12H2,1-5H3/t13-,14+,15+,19+/m1/s1. The number of rotatable bonds is 5. The molecule has 1 saturated heterocycles. The molecule has 1 aliphatic heterocycles. The molecule has 0 saturated carbocycles. The van der Waals surface area contributed by atoms with Crippen molar-refractivity contribution in [3.05, 3.63) is 12.2 Å². The lowest BCUT2D eigenvalue weighted by atomic mass is 9.61. The summed E-state index contributed by atoms with van der Waals surface area (Å²) in [6.07, 6.45) is 7.39. The summed E-state index contributed by atoms with van der Waals surface area (Å²) in [6, 6.07) is 0. The number of allylic oxidation sites excluding steroid dienone is 1. The van der Waals surface area contributed by atoms with E-state index in [1.54, 1.807) is 7.05 Å². The van der Waals surface area contributed by atoms with Crippen molar-refractivity contribution in [3.63, 3.8) is 0 Å². The van der Waals surface area contributed by atoms with E-state index in [4.69, 9.17) is 4.74 Å². The number of aliphatic hydroxyl groups is 1. The summed E-state index contributed by atoms with van der Waals surface area (Å²) in [5, 5.41) is 11.3. The lowest BCUT2D eigenvalue weighted by Crippen LogP contribution is -2.67. The van der Waals surface area contributed by atoms with Crippen LogP contribution in [-0.4, -0.2) is 47.7 Å². The Hall–Kier alpha value is -1.36. The molecular formula is C19H31NO4. The number of carbonyl (C=O) groups is 2. The highest BCUT2D eigenvalue weighted by molar-refractivity contribution is 5.95. The molecule has 4 atom stereocenters. The third-order valence-corrected chi connectivity index (χ3v) is 6.21. The van der Waals surface area contributed by atoms with Crippen molar-refractivity contribution in [3.8, 4) is 0 Å². The van der Waals surface area contributed by atoms with Crippen LogP contribution >= 0.6 is 0 Å². The average molecular weight is 337 g/mol. The molecule has 5 heteroatoms. The number of aliphatic hydroxyl groups excluding tert-OH is 1. The Morgan fingerprint density at radius 1 is 1.50 bits per heavy atom. The molecule has 2 rings (SSSR count). The van der Waals surface area contributed by atoms with Gasteiger partial charge in [-0.15, -0.1) is 0 Å². The fourth-order valence-corrected chi connectivity index (χ4v) is 4.85. The molecule has 24 heavy (non-hydrogen) atoms. The fraction of sp³-hybridized carbons (Fsp3) is 0.789. The van der Waals surface area contributed by atoms with Gasteiger partial charge in [-0.3, -0.25) is 4.79 Å². The zero-order valence-corrected chi connectivity index (χ0v) is 15.5. The van der Waals surface area contributed by atoms with E-state index in [0.717, 1.165) is 25.7 Å². The van der Waals surface area contributed by atoms with Gasteiger partial charge in [0.15, 0.2) is 5.54 Å². The second-order valence-corrected chi connectivity index (χ2v) is 7.69. The van der Waals surface area contributed by atoms with Gasteiger partial charge in [0, 0.05) is 24.3 Å². The molecule has 0 aromatic carbocycles. The van der Waals surface area contributed by atoms with Crippen LogP contribution in [-0.2, 0) is 14.3 Å². The van der Waals surface area contributed by atoms with Crippen LogP contribution < -0.4 is 0 Å². The summed E-state index contributed by atoms with van der Waals surface area (Å²) in [4.78, 5) is 27.3. The summed E-state index contributed by atoms with van der Waals surface area (Å²) in [6.45, 7) is 5.87. The average Bonchev–Trinajstić information content (AvgIpc) is 2.73. The normalized spacial score (nSPS) is 33.6. The SMILES string of the molecule is CCC[C@H]1C(=O)N(C)[C@](C(=O)OC)([C@@H](O)[C@@H]2C=CCCC2)C1(C)C. The van der Waals surface area contributed by atoms with Crippen LogP contribution in [0.4, 0.5) is 0 Å². The zero-order chi connectivity index (χ0) is 18.1. The lowest BCUT2D eigenvalue weighted by molar-refractivity contribution is -0.175. The molecule has 1 amide bonds. The minimum atomic E-state index is -1.36. The summed E-state index contributed by atoms with van der Waals surface area (Å²) in [5.41, 5.74) is -2.07. The van der Waals surface area contributed by atoms with Crippen LogP contribution in [0.1, 0.15) is 52.9 Å². The van der Waals surface area contributed by atoms with E-state index >= 15 is 0 Å². The van der Waals surface area contributed by atoms with Crippen LogP contribution in [0.2, 0.25) is 0 Å². The van der Waals surface area contributed by atoms with Gasteiger partial charge in [0.05, 0.1) is 13.2 Å². The minimum Gasteiger partial charge on any atom is -0.467 e. The quantitative estimate of drug-likeness (QED) is 0.618. The van der Waals surface area contributed by atoms with Crippen LogP contribution in [0.25, 0.3) is 0 Å². The first-order valence-corrected chi connectivity index (χ1v) is 8.97. The topological polar surface area (TPSA) is 66.8 Å². The molecule has 0 spiro atoms. The number of esters is 1. The molecule has 1 N–H and O–H groups in total. The number of likely N-dealkylation sites (N-methyl/N-ethyl adjacent to an activating group) is 1. The summed E-state index contributed by atoms with van der Waals surface area (Å²) in [7, 11) is 2.96. The highest BCUT2D eigenvalue weighted by Crippen LogP contribution is 2.54. The third kappa shape index (κ3) is 2.48. The third-order valence-electron chi connectivity index (χ3n) is 6.21. The van der Waals surface area contributed by atoms with E-state index in [2.05, 4.69) is 6.08 Å². The van der Waals surface area contributed by atoms with Crippen LogP contribution in [0.3, 0.4) is 0 Å². The Morgan fingerprint density at radius 2 is 2.17 bits per heavy atom. The first kappa shape index (κ1) is 19.0. The van der Waals surface area contributed by atoms with E-state index in [1.165, 1.54) is 12.0 Å². The minimum absolute atomic E-state index is 0.0777. The van der Waals surface area contributed by atoms with Crippen molar-refractivity contribution in [1.29, 1.82) is 0 Å². The molecule has 5 nitrogen and oxygen atoms in total. The maximum absolute atomic E-state index is 12.9. The Morgan fingerprint density at radius 3 is 2.67 bits per heavy atom. The first-order chi connectivity index (χ1) is 11.3. The smallest absolute Gasteiger partial charge is 0.335 e. The predicted octanol–water partition coefficient (Wildman–Crippen LogP) is 2.53. The number of hydrogen-bond donors (Lipinski definition) is 1. The number of nitrogens with zero attached hydrogens (tertiary/aromatic N) is 1. The van der Waals surface area contributed by atoms with Gasteiger partial charge in [-0.1, -0.05) is 39.3 Å². The van der Waals surface area contributed by atoms with E-state index in [1.807, 2.05) is 26.8 Å². The Labute approximate surface area is 145 Å². The van der Waals surface area contributed by atoms with Gasteiger partial charge in [-0.25, -0.2) is 4.79 Å². The number of hydrogen-bond acceptors (Lipinski definition) is 4. The van der Waals surface area contributed by atoms with Crippen molar-refractivity contribution in [1.82, 2.24) is 4.90 Å². The van der Waals surface area contributed by atoms with E-state index in [-0.39, 0.29) is 17.7 Å². The summed E-state index contributed by atoms with van der Waals surface area (Å²) < 4.78 is 5.11. The van der Waals surface area contributed by atoms with Gasteiger partial charge in [0.1, 0.15) is 0 Å². The fourth-order valence-electron chi connectivity index (χ4n) is 4.85. The van der Waals surface area contributed by atoms with Gasteiger partial charge >= 0.3 is 5.97 Å². The largest absolute Gasteiger partial charge is 0.467 e. The van der Waals surface area contributed by atoms with Crippen LogP contribution in [0, 0.1) is 17.3 Å². The number of ether oxygens (including phenoxy) is 1. The molecule has 0 aromatic heterocycles. The maximum atomic E-state index is 12.9. The van der Waals surface area contributed by atoms with Crippen molar-refractivity contribution in [2.75, 3.05) is 14.2 Å². The van der Waals surface area contributed by atoms with Crippen molar-refractivity contribution >= 4 is 11.9 Å². The zero-order valence-electron chi connectivity index (χ0n) is 15.5. The van der Waals surface area contributed by atoms with Crippen molar-refractivity contribution in [2.24, 2.45) is 17.3 Å². The maximum Gasteiger partial charge on any atom is 0.335 e. The Bertz CT molecular complexity index is 527. The first-order valence-electron chi connectivity index (χ1n) is 8.97. The molecule has 1 heterocycles. The van der Waals surface area contributed by atoms with Crippen LogP contribution in [0.5, 0.6) is 0 Å². The molecule has 2 aliphatic rings. The molecule has 136 valence electrons. The van der Waals surface area contributed by atoms with Gasteiger partial charge in [-0.2, -0.15) is 0 Å². The van der Waals surface area contributed by atoms with E-state index < -0.39 is 23.0 Å². The monoisotopic (exact) mass is 337 g/mol. The van der Waals surface area contributed by atoms with Crippen molar-refractivity contribution in [2.45, 2.75) is 64.5 Å². The second kappa shape index (κ2) is 6.87. The second-order valence-electron chi connectivity index (χ2n) is 7.69. The lowest BCUT2D eigenvalue weighted by Gasteiger charge is -2.48. The molecule has 0 radical (unpaired) electrons. The number of carbonyl (C=O) groups excluding carboxylic acids is 2. The molecular weight excluding hydrogens is 306 g/mol. The highest BCUT2D eigenvalue weighted by atomic mass is 16.5. The van der Waals surface area contributed by atoms with Gasteiger partial charge in [0.25, 0.3) is 0 Å². The number of amides is 1. The molecule has 1 aliphatic carbocycles. The molecule has 0 bridgehead atoms. The van der Waals surface area contributed by atoms with Crippen molar-refractivity contribution < 1.29 is 19.4 Å². The molecule has 0 unspecified atom stereocenters.